The number of carbonyl (C=O) groups is 2. The lowest BCUT2D eigenvalue weighted by Crippen LogP contribution is -2.53. The third-order valence-corrected chi connectivity index (χ3v) is 11.0. The summed E-state index contributed by atoms with van der Waals surface area (Å²) in [5.74, 6) is 0.220. The molecule has 0 bridgehead atoms. The molecule has 0 saturated heterocycles. The van der Waals surface area contributed by atoms with Crippen molar-refractivity contribution in [2.45, 2.75) is 6.29 Å². The van der Waals surface area contributed by atoms with Crippen molar-refractivity contribution < 1.29 is 9.59 Å². The highest BCUT2D eigenvalue weighted by Crippen LogP contribution is 2.48. The summed E-state index contributed by atoms with van der Waals surface area (Å²) in [4.78, 5) is 44.6. The van der Waals surface area contributed by atoms with Gasteiger partial charge in [0.1, 0.15) is 5.84 Å². The Labute approximate surface area is 321 Å². The fraction of sp³-hybridized carbons (Fsp3) is 0.0417. The first-order valence-electron chi connectivity index (χ1n) is 18.6. The van der Waals surface area contributed by atoms with Crippen molar-refractivity contribution in [1.29, 1.82) is 0 Å². The summed E-state index contributed by atoms with van der Waals surface area (Å²) < 4.78 is 4.29. The molecule has 0 saturated carbocycles. The second kappa shape index (κ2) is 12.2. The number of aliphatic imine (C=N–C) groups is 2. The normalized spacial score (nSPS) is 15.6. The van der Waals surface area contributed by atoms with E-state index in [1.54, 1.807) is 0 Å². The van der Waals surface area contributed by atoms with Crippen LogP contribution in [0.2, 0.25) is 0 Å². The lowest BCUT2D eigenvalue weighted by atomic mass is 9.98. The summed E-state index contributed by atoms with van der Waals surface area (Å²) in [5, 5.41) is 3.83. The summed E-state index contributed by atoms with van der Waals surface area (Å²) in [6, 6.07) is 56.2. The number of benzene rings is 7. The number of amidine groups is 2. The second-order valence-electron chi connectivity index (χ2n) is 14.1. The lowest BCUT2D eigenvalue weighted by Gasteiger charge is -2.36. The highest BCUT2D eigenvalue weighted by molar-refractivity contribution is 6.40. The van der Waals surface area contributed by atoms with E-state index in [4.69, 9.17) is 9.98 Å². The third kappa shape index (κ3) is 4.47. The Balaban J connectivity index is 1.27. The average Bonchev–Trinajstić information content (AvgIpc) is 3.87. The molecule has 0 radical (unpaired) electrons. The van der Waals surface area contributed by atoms with Gasteiger partial charge in [0.25, 0.3) is 11.8 Å². The van der Waals surface area contributed by atoms with Crippen molar-refractivity contribution >= 4 is 67.1 Å². The topological polar surface area (TPSA) is 75.2 Å². The predicted octanol–water partition coefficient (Wildman–Crippen LogP) is 9.60. The Morgan fingerprint density at radius 1 is 0.482 bits per heavy atom. The van der Waals surface area contributed by atoms with Crippen LogP contribution in [0.25, 0.3) is 55.0 Å². The molecule has 56 heavy (non-hydrogen) atoms. The number of nitrogens with zero attached hydrogens (tertiary/aromatic N) is 6. The molecular formula is C48H32N6O2. The molecule has 11 rings (SSSR count). The van der Waals surface area contributed by atoms with Gasteiger partial charge >= 0.3 is 0 Å². The molecule has 7 aromatic carbocycles. The first-order chi connectivity index (χ1) is 27.6. The zero-order chi connectivity index (χ0) is 37.5. The fourth-order valence-electron chi connectivity index (χ4n) is 8.67. The SMILES string of the molecule is CN1C(c2ccccc2)=NC(c2ccccc2)=NC1N1C(=O)c2c(c3c(c4ccccc4n3-c3ccccc3)c3c4ccccc4n(-c4ccccc4)c23)C1=O. The van der Waals surface area contributed by atoms with Gasteiger partial charge in [-0.1, -0.05) is 133 Å². The van der Waals surface area contributed by atoms with Gasteiger partial charge in [0.05, 0.1) is 33.2 Å². The minimum absolute atomic E-state index is 0.353. The minimum atomic E-state index is -1.03. The number of aromatic nitrogens is 2. The number of imide groups is 1. The lowest BCUT2D eigenvalue weighted by molar-refractivity contribution is 0.0481. The Kier molecular flexibility index (Phi) is 6.97. The molecule has 8 heteroatoms. The van der Waals surface area contributed by atoms with Crippen LogP contribution in [0.5, 0.6) is 0 Å². The van der Waals surface area contributed by atoms with Crippen LogP contribution in [0.3, 0.4) is 0 Å². The summed E-state index contributed by atoms with van der Waals surface area (Å²) >= 11 is 0. The van der Waals surface area contributed by atoms with Crippen LogP contribution in [0.15, 0.2) is 180 Å². The molecule has 0 aliphatic carbocycles. The van der Waals surface area contributed by atoms with Crippen molar-refractivity contribution in [2.75, 3.05) is 7.05 Å². The van der Waals surface area contributed by atoms with Gasteiger partial charge in [-0.2, -0.15) is 0 Å². The molecule has 1 unspecified atom stereocenters. The molecule has 0 spiro atoms. The van der Waals surface area contributed by atoms with Crippen LogP contribution in [-0.2, 0) is 0 Å². The van der Waals surface area contributed by atoms with Gasteiger partial charge in [0.15, 0.2) is 5.84 Å². The number of rotatable bonds is 5. The van der Waals surface area contributed by atoms with Crippen LogP contribution in [0, 0.1) is 0 Å². The Morgan fingerprint density at radius 2 is 0.893 bits per heavy atom. The van der Waals surface area contributed by atoms with Crippen molar-refractivity contribution in [1.82, 2.24) is 18.9 Å². The highest BCUT2D eigenvalue weighted by Gasteiger charge is 2.48. The van der Waals surface area contributed by atoms with Gasteiger partial charge in [-0.3, -0.25) is 9.59 Å². The fourth-order valence-corrected chi connectivity index (χ4v) is 8.67. The number of carbonyl (C=O) groups excluding carboxylic acids is 2. The summed E-state index contributed by atoms with van der Waals surface area (Å²) in [6.07, 6.45) is -1.03. The predicted molar refractivity (Wildman–Crippen MR) is 223 cm³/mol. The van der Waals surface area contributed by atoms with E-state index in [1.807, 2.05) is 158 Å². The maximum absolute atomic E-state index is 15.7. The standard InChI is InChI=1S/C48H32N6O2/c1-51-45(31-20-8-3-9-21-31)49-44(30-18-6-2-7-19-30)50-48(51)54-46(55)40-41(47(54)56)43-39(35-27-15-17-29-37(35)53(43)33-24-12-5-13-25-33)38-34-26-14-16-28-36(34)52(42(38)40)32-22-10-4-11-23-32/h2-29,48H,1H3. The van der Waals surface area contributed by atoms with Gasteiger partial charge in [0, 0.05) is 51.1 Å². The molecule has 9 aromatic rings. The number of hydrogen-bond donors (Lipinski definition) is 0. The zero-order valence-electron chi connectivity index (χ0n) is 30.2. The maximum Gasteiger partial charge on any atom is 0.267 e. The first kappa shape index (κ1) is 31.9. The van der Waals surface area contributed by atoms with Gasteiger partial charge in [-0.05, 0) is 36.4 Å². The van der Waals surface area contributed by atoms with Crippen LogP contribution >= 0.6 is 0 Å². The smallest absolute Gasteiger partial charge is 0.267 e. The summed E-state index contributed by atoms with van der Waals surface area (Å²) in [6.45, 7) is 0. The van der Waals surface area contributed by atoms with Crippen LogP contribution < -0.4 is 0 Å². The van der Waals surface area contributed by atoms with Gasteiger partial charge in [-0.15, -0.1) is 0 Å². The number of hydrogen-bond acceptors (Lipinski definition) is 5. The maximum atomic E-state index is 15.7. The molecule has 2 aromatic heterocycles. The quantitative estimate of drug-likeness (QED) is 0.166. The monoisotopic (exact) mass is 724 g/mol. The van der Waals surface area contributed by atoms with E-state index in [9.17, 15) is 0 Å². The molecule has 8 nitrogen and oxygen atoms in total. The number of para-hydroxylation sites is 4. The molecular weight excluding hydrogens is 693 g/mol. The van der Waals surface area contributed by atoms with Gasteiger partial charge in [-0.25, -0.2) is 14.9 Å². The molecule has 1 atom stereocenters. The van der Waals surface area contributed by atoms with E-state index in [0.717, 1.165) is 55.1 Å². The van der Waals surface area contributed by atoms with Crippen molar-refractivity contribution in [3.05, 3.63) is 192 Å². The molecule has 4 heterocycles. The second-order valence-corrected chi connectivity index (χ2v) is 14.1. The van der Waals surface area contributed by atoms with Crippen molar-refractivity contribution in [3.63, 3.8) is 0 Å². The summed E-state index contributed by atoms with van der Waals surface area (Å²) in [7, 11) is 1.85. The van der Waals surface area contributed by atoms with Crippen molar-refractivity contribution in [3.8, 4) is 11.4 Å². The molecule has 2 aliphatic rings. The van der Waals surface area contributed by atoms with Crippen LogP contribution in [0.4, 0.5) is 0 Å². The molecule has 2 aliphatic heterocycles. The molecule has 266 valence electrons. The molecule has 0 N–H and O–H groups in total. The minimum Gasteiger partial charge on any atom is -0.320 e. The van der Waals surface area contributed by atoms with E-state index < -0.39 is 18.1 Å². The van der Waals surface area contributed by atoms with E-state index in [2.05, 4.69) is 33.4 Å². The number of fused-ring (bicyclic) bond motifs is 10. The highest BCUT2D eigenvalue weighted by atomic mass is 16.2. The molecule has 2 amide bonds. The van der Waals surface area contributed by atoms with Gasteiger partial charge in [0.2, 0.25) is 6.29 Å². The number of amides is 2. The molecule has 0 fully saturated rings. The average molecular weight is 725 g/mol. The van der Waals surface area contributed by atoms with E-state index in [0.29, 0.717) is 33.8 Å². The Hall–Kier alpha value is -7.58. The van der Waals surface area contributed by atoms with E-state index in [1.165, 1.54) is 4.90 Å². The van der Waals surface area contributed by atoms with E-state index >= 15 is 9.59 Å². The van der Waals surface area contributed by atoms with E-state index in [-0.39, 0.29) is 0 Å². The Bertz CT molecular complexity index is 2980. The largest absolute Gasteiger partial charge is 0.320 e. The summed E-state index contributed by atoms with van der Waals surface area (Å²) in [5.41, 5.74) is 7.39. The third-order valence-electron chi connectivity index (χ3n) is 11.0. The Morgan fingerprint density at radius 3 is 1.38 bits per heavy atom. The van der Waals surface area contributed by atoms with Crippen LogP contribution in [0.1, 0.15) is 31.8 Å². The first-order valence-corrected chi connectivity index (χ1v) is 18.6. The van der Waals surface area contributed by atoms with Crippen LogP contribution in [-0.4, -0.2) is 55.8 Å². The van der Waals surface area contributed by atoms with Crippen molar-refractivity contribution in [2.24, 2.45) is 9.98 Å². The van der Waals surface area contributed by atoms with Gasteiger partial charge < -0.3 is 14.0 Å². The zero-order valence-corrected chi connectivity index (χ0v) is 30.2.